The highest BCUT2D eigenvalue weighted by Crippen LogP contribution is 2.35. The maximum atomic E-state index is 13.8. The topological polar surface area (TPSA) is 55.2 Å². The van der Waals surface area contributed by atoms with Gasteiger partial charge in [-0.3, -0.25) is 14.2 Å². The van der Waals surface area contributed by atoms with Crippen LogP contribution in [0.4, 0.5) is 0 Å². The molecule has 7 heteroatoms. The van der Waals surface area contributed by atoms with E-state index in [0.29, 0.717) is 22.7 Å². The van der Waals surface area contributed by atoms with Gasteiger partial charge in [0.05, 0.1) is 16.8 Å². The quantitative estimate of drug-likeness (QED) is 0.378. The van der Waals surface area contributed by atoms with Crippen molar-refractivity contribution in [1.29, 1.82) is 0 Å². The maximum absolute atomic E-state index is 13.8. The molecule has 33 heavy (non-hydrogen) atoms. The van der Waals surface area contributed by atoms with Crippen molar-refractivity contribution in [3.05, 3.63) is 50.6 Å². The number of carbonyl (C=O) groups is 1. The molecule has 2 atom stereocenters. The molecule has 1 aliphatic carbocycles. The molecule has 2 aromatic heterocycles. The van der Waals surface area contributed by atoms with Gasteiger partial charge in [-0.25, -0.2) is 4.98 Å². The monoisotopic (exact) mass is 481 g/mol. The van der Waals surface area contributed by atoms with Crippen LogP contribution in [0.5, 0.6) is 0 Å². The van der Waals surface area contributed by atoms with Gasteiger partial charge in [0, 0.05) is 18.0 Å². The molecular formula is C26H31N3O2S2. The van der Waals surface area contributed by atoms with E-state index >= 15 is 0 Å². The van der Waals surface area contributed by atoms with Gasteiger partial charge in [0.1, 0.15) is 4.83 Å². The van der Waals surface area contributed by atoms with E-state index in [-0.39, 0.29) is 11.5 Å². The Bertz CT molecular complexity index is 1240. The number of amides is 1. The predicted molar refractivity (Wildman–Crippen MR) is 137 cm³/mol. The fraction of sp³-hybridized carbons (Fsp3) is 0.500. The summed E-state index contributed by atoms with van der Waals surface area (Å²) in [7, 11) is 0. The Labute approximate surface area is 203 Å². The maximum Gasteiger partial charge on any atom is 0.267 e. The number of thioether (sulfide) groups is 1. The lowest BCUT2D eigenvalue weighted by atomic mass is 9.92. The summed E-state index contributed by atoms with van der Waals surface area (Å²) in [6, 6.07) is 7.99. The summed E-state index contributed by atoms with van der Waals surface area (Å²) in [5, 5.41) is 1.39. The minimum atomic E-state index is -0.00146. The number of hydrogen-bond donors (Lipinski definition) is 0. The van der Waals surface area contributed by atoms with Crippen LogP contribution >= 0.6 is 23.1 Å². The molecule has 5 nitrogen and oxygen atoms in total. The highest BCUT2D eigenvalue weighted by atomic mass is 32.2. The third-order valence-corrected chi connectivity index (χ3v) is 8.91. The Kier molecular flexibility index (Phi) is 6.36. The minimum absolute atomic E-state index is 0.00146. The average molecular weight is 482 g/mol. The number of piperidine rings is 1. The van der Waals surface area contributed by atoms with E-state index in [4.69, 9.17) is 4.98 Å². The van der Waals surface area contributed by atoms with Crippen LogP contribution in [-0.4, -0.2) is 39.2 Å². The van der Waals surface area contributed by atoms with Crippen LogP contribution in [-0.2, 0) is 17.6 Å². The first-order valence-corrected chi connectivity index (χ1v) is 13.8. The van der Waals surface area contributed by atoms with Crippen LogP contribution in [0.15, 0.2) is 34.2 Å². The Morgan fingerprint density at radius 1 is 1.12 bits per heavy atom. The van der Waals surface area contributed by atoms with E-state index in [1.54, 1.807) is 15.9 Å². The highest BCUT2D eigenvalue weighted by Gasteiger charge is 2.27. The number of rotatable bonds is 4. The standard InChI is InChI=1S/C26H31N3O2S2/c1-16-8-10-19(11-9-16)29-25(31)23-20-6-4-5-7-21(20)33-24(23)27-26(29)32-15-22(30)28-13-17(2)12-18(3)14-28/h8-11,17-18H,4-7,12-15H2,1-3H3. The zero-order chi connectivity index (χ0) is 23.1. The van der Waals surface area contributed by atoms with Crippen molar-refractivity contribution in [2.24, 2.45) is 11.8 Å². The number of fused-ring (bicyclic) bond motifs is 3. The Morgan fingerprint density at radius 2 is 1.82 bits per heavy atom. The average Bonchev–Trinajstić information content (AvgIpc) is 3.16. The third-order valence-electron chi connectivity index (χ3n) is 6.80. The van der Waals surface area contributed by atoms with E-state index < -0.39 is 0 Å². The SMILES string of the molecule is Cc1ccc(-n2c(SCC(=O)N3CC(C)CC(C)C3)nc3sc4c(c3c2=O)CCCC4)cc1. The lowest BCUT2D eigenvalue weighted by molar-refractivity contribution is -0.130. The van der Waals surface area contributed by atoms with Gasteiger partial charge in [0.2, 0.25) is 5.91 Å². The number of thiophene rings is 1. The molecule has 1 aliphatic heterocycles. The number of hydrogen-bond acceptors (Lipinski definition) is 5. The Morgan fingerprint density at radius 3 is 2.55 bits per heavy atom. The van der Waals surface area contributed by atoms with Gasteiger partial charge in [-0.2, -0.15) is 0 Å². The molecule has 1 fully saturated rings. The van der Waals surface area contributed by atoms with Gasteiger partial charge >= 0.3 is 0 Å². The molecule has 0 spiro atoms. The van der Waals surface area contributed by atoms with Crippen molar-refractivity contribution in [2.45, 2.75) is 58.0 Å². The number of likely N-dealkylation sites (tertiary alicyclic amines) is 1. The lowest BCUT2D eigenvalue weighted by Gasteiger charge is -2.35. The predicted octanol–water partition coefficient (Wildman–Crippen LogP) is 5.23. The van der Waals surface area contributed by atoms with Crippen molar-refractivity contribution in [3.8, 4) is 5.69 Å². The largest absolute Gasteiger partial charge is 0.341 e. The molecule has 174 valence electrons. The molecule has 0 bridgehead atoms. The molecule has 3 aromatic rings. The van der Waals surface area contributed by atoms with Crippen molar-refractivity contribution in [3.63, 3.8) is 0 Å². The van der Waals surface area contributed by atoms with Crippen LogP contribution in [0, 0.1) is 18.8 Å². The van der Waals surface area contributed by atoms with Crippen LogP contribution in [0.25, 0.3) is 15.9 Å². The number of nitrogens with zero attached hydrogens (tertiary/aromatic N) is 3. The summed E-state index contributed by atoms with van der Waals surface area (Å²) in [4.78, 5) is 36.0. The van der Waals surface area contributed by atoms with Crippen LogP contribution in [0.3, 0.4) is 0 Å². The van der Waals surface area contributed by atoms with E-state index in [1.807, 2.05) is 36.1 Å². The summed E-state index contributed by atoms with van der Waals surface area (Å²) >= 11 is 3.06. The molecule has 3 heterocycles. The molecule has 5 rings (SSSR count). The molecule has 0 N–H and O–H groups in total. The van der Waals surface area contributed by atoms with Crippen molar-refractivity contribution in [1.82, 2.24) is 14.5 Å². The second-order valence-electron chi connectivity index (χ2n) is 9.79. The second kappa shape index (κ2) is 9.26. The molecule has 1 aromatic carbocycles. The number of benzene rings is 1. The molecule has 2 aliphatic rings. The molecule has 1 saturated heterocycles. The molecular weight excluding hydrogens is 450 g/mol. The van der Waals surface area contributed by atoms with E-state index in [9.17, 15) is 9.59 Å². The third kappa shape index (κ3) is 4.50. The fourth-order valence-electron chi connectivity index (χ4n) is 5.29. The summed E-state index contributed by atoms with van der Waals surface area (Å²) in [5.41, 5.74) is 3.15. The normalized spacial score (nSPS) is 20.8. The zero-order valence-corrected chi connectivity index (χ0v) is 21.2. The minimum Gasteiger partial charge on any atom is -0.341 e. The fourth-order valence-corrected chi connectivity index (χ4v) is 7.51. The van der Waals surface area contributed by atoms with E-state index in [1.165, 1.54) is 35.0 Å². The summed E-state index contributed by atoms with van der Waals surface area (Å²) in [6.07, 6.45) is 5.46. The highest BCUT2D eigenvalue weighted by molar-refractivity contribution is 7.99. The van der Waals surface area contributed by atoms with Crippen molar-refractivity contribution >= 4 is 39.2 Å². The van der Waals surface area contributed by atoms with Crippen LogP contribution < -0.4 is 5.56 Å². The van der Waals surface area contributed by atoms with Gasteiger partial charge in [-0.05, 0) is 68.6 Å². The van der Waals surface area contributed by atoms with Gasteiger partial charge in [-0.15, -0.1) is 11.3 Å². The van der Waals surface area contributed by atoms with Gasteiger partial charge in [0.25, 0.3) is 5.56 Å². The second-order valence-corrected chi connectivity index (χ2v) is 11.8. The first-order valence-electron chi connectivity index (χ1n) is 12.0. The van der Waals surface area contributed by atoms with Crippen LogP contribution in [0.1, 0.15) is 49.1 Å². The molecule has 2 unspecified atom stereocenters. The van der Waals surface area contributed by atoms with Crippen molar-refractivity contribution in [2.75, 3.05) is 18.8 Å². The zero-order valence-electron chi connectivity index (χ0n) is 19.6. The Hall–Kier alpha value is -2.12. The lowest BCUT2D eigenvalue weighted by Crippen LogP contribution is -2.43. The summed E-state index contributed by atoms with van der Waals surface area (Å²) in [6.45, 7) is 8.10. The van der Waals surface area contributed by atoms with Gasteiger partial charge in [-0.1, -0.05) is 43.3 Å². The first kappa shape index (κ1) is 22.7. The number of carbonyl (C=O) groups excluding carboxylic acids is 1. The Balaban J connectivity index is 1.53. The van der Waals surface area contributed by atoms with Gasteiger partial charge < -0.3 is 4.90 Å². The van der Waals surface area contributed by atoms with E-state index in [2.05, 4.69) is 13.8 Å². The van der Waals surface area contributed by atoms with Gasteiger partial charge in [0.15, 0.2) is 5.16 Å². The molecule has 1 amide bonds. The van der Waals surface area contributed by atoms with Crippen LogP contribution in [0.2, 0.25) is 0 Å². The smallest absolute Gasteiger partial charge is 0.267 e. The number of aromatic nitrogens is 2. The summed E-state index contributed by atoms with van der Waals surface area (Å²) in [5.74, 6) is 1.49. The summed E-state index contributed by atoms with van der Waals surface area (Å²) < 4.78 is 1.72. The number of aryl methyl sites for hydroxylation is 3. The van der Waals surface area contributed by atoms with E-state index in [0.717, 1.165) is 53.8 Å². The van der Waals surface area contributed by atoms with Crippen molar-refractivity contribution < 1.29 is 4.79 Å². The first-order chi connectivity index (χ1) is 15.9. The molecule has 0 saturated carbocycles. The molecule has 0 radical (unpaired) electrons.